The van der Waals surface area contributed by atoms with Gasteiger partial charge in [0.1, 0.15) is 24.7 Å². The molecule has 0 saturated heterocycles. The number of carbonyl (C=O) groups is 1. The van der Waals surface area contributed by atoms with Crippen molar-refractivity contribution in [1.29, 1.82) is 0 Å². The molecule has 0 spiro atoms. The number of benzene rings is 2. The van der Waals surface area contributed by atoms with E-state index in [1.165, 1.54) is 32.4 Å². The standard InChI is InChI=1S/C21H21F6O5P/c1-29-8-10-31-13-6-7-17(16(12-13)32-11-9-30-2)33-19(28)18-14(20(22,23)24)4-3-5-15(18)21(25,26)27/h3-7,12,33H,8-11H2,1-2H3. The number of hydrogen-bond acceptors (Lipinski definition) is 5. The first-order valence-corrected chi connectivity index (χ1v) is 10.4. The highest BCUT2D eigenvalue weighted by molar-refractivity contribution is 7.66. The molecule has 0 saturated carbocycles. The molecule has 0 aliphatic rings. The first kappa shape index (κ1) is 26.9. The van der Waals surface area contributed by atoms with Crippen molar-refractivity contribution in [3.63, 3.8) is 0 Å². The molecule has 2 aromatic rings. The summed E-state index contributed by atoms with van der Waals surface area (Å²) >= 11 is 0. The Morgan fingerprint density at radius 3 is 1.88 bits per heavy atom. The monoisotopic (exact) mass is 498 g/mol. The molecule has 0 fully saturated rings. The molecule has 5 nitrogen and oxygen atoms in total. The van der Waals surface area contributed by atoms with Gasteiger partial charge in [-0.3, -0.25) is 4.79 Å². The molecule has 0 aliphatic carbocycles. The maximum Gasteiger partial charge on any atom is 0.417 e. The predicted octanol–water partition coefficient (Wildman–Crippen LogP) is 4.92. The Balaban J connectivity index is 2.44. The average molecular weight is 498 g/mol. The van der Waals surface area contributed by atoms with Crippen molar-refractivity contribution in [2.45, 2.75) is 12.4 Å². The maximum atomic E-state index is 13.4. The second kappa shape index (κ2) is 11.7. The molecule has 0 aromatic heterocycles. The van der Waals surface area contributed by atoms with Crippen LogP contribution in [0.1, 0.15) is 21.5 Å². The summed E-state index contributed by atoms with van der Waals surface area (Å²) in [5.41, 5.74) is -6.02. The Kier molecular flexibility index (Phi) is 9.51. The Bertz CT molecular complexity index is 913. The minimum Gasteiger partial charge on any atom is -0.491 e. The van der Waals surface area contributed by atoms with Crippen LogP contribution in [0.25, 0.3) is 0 Å². The second-order valence-corrected chi connectivity index (χ2v) is 7.76. The summed E-state index contributed by atoms with van der Waals surface area (Å²) in [6, 6.07) is 5.74. The molecular formula is C21H21F6O5P. The normalized spacial score (nSPS) is 12.4. The molecular weight excluding hydrogens is 477 g/mol. The van der Waals surface area contributed by atoms with Gasteiger partial charge < -0.3 is 18.9 Å². The molecule has 1 unspecified atom stereocenters. The van der Waals surface area contributed by atoms with Gasteiger partial charge in [0.15, 0.2) is 5.52 Å². The van der Waals surface area contributed by atoms with Gasteiger partial charge in [-0.25, -0.2) is 0 Å². The largest absolute Gasteiger partial charge is 0.491 e. The molecule has 2 aromatic carbocycles. The molecule has 0 heterocycles. The van der Waals surface area contributed by atoms with Crippen molar-refractivity contribution in [3.8, 4) is 11.5 Å². The molecule has 0 amide bonds. The van der Waals surface area contributed by atoms with Crippen LogP contribution in [0.2, 0.25) is 0 Å². The molecule has 12 heteroatoms. The van der Waals surface area contributed by atoms with E-state index >= 15 is 0 Å². The lowest BCUT2D eigenvalue weighted by Gasteiger charge is -2.18. The van der Waals surface area contributed by atoms with Crippen LogP contribution in [0.4, 0.5) is 26.3 Å². The second-order valence-electron chi connectivity index (χ2n) is 6.52. The number of rotatable bonds is 11. The molecule has 0 bridgehead atoms. The van der Waals surface area contributed by atoms with Crippen molar-refractivity contribution in [2.75, 3.05) is 40.6 Å². The van der Waals surface area contributed by atoms with E-state index in [1.807, 2.05) is 0 Å². The van der Waals surface area contributed by atoms with Gasteiger partial charge in [-0.15, -0.1) is 0 Å². The zero-order valence-electron chi connectivity index (χ0n) is 17.6. The quantitative estimate of drug-likeness (QED) is 0.250. The van der Waals surface area contributed by atoms with E-state index in [2.05, 4.69) is 0 Å². The first-order chi connectivity index (χ1) is 15.5. The van der Waals surface area contributed by atoms with E-state index in [1.54, 1.807) is 0 Å². The number of alkyl halides is 6. The van der Waals surface area contributed by atoms with Gasteiger partial charge in [0.2, 0.25) is 0 Å². The zero-order chi connectivity index (χ0) is 24.6. The summed E-state index contributed by atoms with van der Waals surface area (Å²) in [6.45, 7) is 0.690. The smallest absolute Gasteiger partial charge is 0.417 e. The highest BCUT2D eigenvalue weighted by Gasteiger charge is 2.42. The average Bonchev–Trinajstić information content (AvgIpc) is 2.74. The highest BCUT2D eigenvalue weighted by atomic mass is 31.1. The van der Waals surface area contributed by atoms with Crippen LogP contribution in [-0.4, -0.2) is 46.2 Å². The number of hydrogen-bond donors (Lipinski definition) is 0. The fourth-order valence-electron chi connectivity index (χ4n) is 2.75. The lowest BCUT2D eigenvalue weighted by atomic mass is 10.0. The number of methoxy groups -OCH3 is 2. The van der Waals surface area contributed by atoms with Crippen LogP contribution >= 0.6 is 8.58 Å². The summed E-state index contributed by atoms with van der Waals surface area (Å²) in [5.74, 6) is 0.416. The minimum absolute atomic E-state index is 0.0383. The Labute approximate surface area is 187 Å². The fourth-order valence-corrected chi connectivity index (χ4v) is 3.82. The van der Waals surface area contributed by atoms with E-state index in [0.717, 1.165) is 0 Å². The fraction of sp³-hybridized carbons (Fsp3) is 0.381. The highest BCUT2D eigenvalue weighted by Crippen LogP contribution is 2.42. The van der Waals surface area contributed by atoms with Crippen LogP contribution < -0.4 is 14.8 Å². The topological polar surface area (TPSA) is 54.0 Å². The van der Waals surface area contributed by atoms with E-state index in [0.29, 0.717) is 23.9 Å². The molecule has 33 heavy (non-hydrogen) atoms. The van der Waals surface area contributed by atoms with E-state index in [-0.39, 0.29) is 37.5 Å². The van der Waals surface area contributed by atoms with Crippen molar-refractivity contribution >= 4 is 19.4 Å². The summed E-state index contributed by atoms with van der Waals surface area (Å²) in [6.07, 6.45) is -10.3. The van der Waals surface area contributed by atoms with Gasteiger partial charge >= 0.3 is 12.4 Å². The van der Waals surface area contributed by atoms with Crippen LogP contribution in [0.15, 0.2) is 36.4 Å². The summed E-state index contributed by atoms with van der Waals surface area (Å²) in [4.78, 5) is 12.8. The van der Waals surface area contributed by atoms with Gasteiger partial charge in [0.25, 0.3) is 0 Å². The van der Waals surface area contributed by atoms with E-state index in [4.69, 9.17) is 18.9 Å². The zero-order valence-corrected chi connectivity index (χ0v) is 18.6. The van der Waals surface area contributed by atoms with Crippen molar-refractivity contribution in [2.24, 2.45) is 0 Å². The first-order valence-electron chi connectivity index (χ1n) is 9.45. The summed E-state index contributed by atoms with van der Waals surface area (Å²) in [7, 11) is 1.83. The van der Waals surface area contributed by atoms with Gasteiger partial charge in [-0.05, 0) is 32.8 Å². The molecule has 0 N–H and O–H groups in total. The Hall–Kier alpha value is -2.36. The Morgan fingerprint density at radius 1 is 0.818 bits per heavy atom. The molecule has 182 valence electrons. The lowest BCUT2D eigenvalue weighted by molar-refractivity contribution is -0.143. The predicted molar refractivity (Wildman–Crippen MR) is 110 cm³/mol. The summed E-state index contributed by atoms with van der Waals surface area (Å²) < 4.78 is 101. The van der Waals surface area contributed by atoms with Gasteiger partial charge in [-0.1, -0.05) is 6.07 Å². The third-order valence-electron chi connectivity index (χ3n) is 4.20. The molecule has 2 rings (SSSR count). The lowest BCUT2D eigenvalue weighted by Crippen LogP contribution is -2.20. The molecule has 1 atom stereocenters. The Morgan fingerprint density at radius 2 is 1.36 bits per heavy atom. The van der Waals surface area contributed by atoms with Crippen molar-refractivity contribution in [3.05, 3.63) is 53.1 Å². The maximum absolute atomic E-state index is 13.4. The van der Waals surface area contributed by atoms with Crippen LogP contribution in [0.3, 0.4) is 0 Å². The molecule has 0 aliphatic heterocycles. The number of halogens is 6. The summed E-state index contributed by atoms with van der Waals surface area (Å²) in [5, 5.41) is 0.125. The SMILES string of the molecule is COCCOc1ccc(PC(=O)c2c(C(F)(F)F)cccc2C(F)(F)F)c(OCCOC)c1. The third kappa shape index (κ3) is 7.58. The van der Waals surface area contributed by atoms with Crippen molar-refractivity contribution in [1.82, 2.24) is 0 Å². The minimum atomic E-state index is -5.15. The van der Waals surface area contributed by atoms with Gasteiger partial charge in [0.05, 0.1) is 24.3 Å². The number of ether oxygens (including phenoxy) is 4. The molecule has 0 radical (unpaired) electrons. The van der Waals surface area contributed by atoms with Gasteiger partial charge in [-0.2, -0.15) is 26.3 Å². The van der Waals surface area contributed by atoms with Crippen LogP contribution in [-0.2, 0) is 21.8 Å². The van der Waals surface area contributed by atoms with Crippen LogP contribution in [0.5, 0.6) is 11.5 Å². The van der Waals surface area contributed by atoms with Crippen LogP contribution in [0, 0.1) is 0 Å². The number of carbonyl (C=O) groups excluding carboxylic acids is 1. The van der Waals surface area contributed by atoms with E-state index in [9.17, 15) is 31.1 Å². The van der Waals surface area contributed by atoms with Gasteiger partial charge in [0, 0.05) is 31.2 Å². The van der Waals surface area contributed by atoms with Crippen molar-refractivity contribution < 1.29 is 50.1 Å². The van der Waals surface area contributed by atoms with E-state index < -0.39 is 43.1 Å². The third-order valence-corrected chi connectivity index (χ3v) is 5.36.